The molecule has 0 aromatic heterocycles. The zero-order valence-corrected chi connectivity index (χ0v) is 18.0. The van der Waals surface area contributed by atoms with Gasteiger partial charge in [-0.25, -0.2) is 24.3 Å². The first-order chi connectivity index (χ1) is 13.8. The molecule has 0 radical (unpaired) electrons. The first-order valence-corrected chi connectivity index (χ1v) is 9.17. The average molecular weight is 450 g/mol. The van der Waals surface area contributed by atoms with Crippen molar-refractivity contribution >= 4 is 0 Å². The molecule has 2 aliphatic rings. The fourth-order valence-corrected chi connectivity index (χ4v) is 1.52. The van der Waals surface area contributed by atoms with Gasteiger partial charge in [0.1, 0.15) is 0 Å². The standard InChI is InChI=1S/2C6H6O.2C5H5.2O.2V/c2*7-6-4-2-1-3-5-6;2*1-2-4-5-3-1;;;;/h2*1-5,7H;2*1-3H,4H2;;;;/q;;2*-1;;;;/p-2. The molecule has 0 spiro atoms. The number of allylic oxidation sites excluding steroid dienone is 8. The first-order valence-electron chi connectivity index (χ1n) is 8.03. The molecule has 2 aliphatic carbocycles. The van der Waals surface area contributed by atoms with Crippen LogP contribution in [0.2, 0.25) is 0 Å². The van der Waals surface area contributed by atoms with Gasteiger partial charge in [0, 0.05) is 0 Å². The van der Waals surface area contributed by atoms with Crippen LogP contribution in [0.5, 0.6) is 11.5 Å². The van der Waals surface area contributed by atoms with Gasteiger partial charge in [-0.15, -0.1) is 24.3 Å². The van der Waals surface area contributed by atoms with Crippen molar-refractivity contribution in [1.29, 1.82) is 0 Å². The molecular formula is C22H20O4V2-4. The summed E-state index contributed by atoms with van der Waals surface area (Å²) in [5.41, 5.74) is 0. The molecule has 0 atom stereocenters. The molecule has 6 heteroatoms. The van der Waals surface area contributed by atoms with Gasteiger partial charge >= 0.3 is 42.1 Å². The molecule has 0 saturated heterocycles. The molecule has 4 rings (SSSR count). The van der Waals surface area contributed by atoms with Crippen LogP contribution in [-0.2, 0) is 42.1 Å². The summed E-state index contributed by atoms with van der Waals surface area (Å²) >= 11 is 2.12. The maximum atomic E-state index is 10.3. The van der Waals surface area contributed by atoms with Crippen LogP contribution >= 0.6 is 0 Å². The summed E-state index contributed by atoms with van der Waals surface area (Å²) in [6.45, 7) is 0. The van der Waals surface area contributed by atoms with E-state index in [1.54, 1.807) is 24.3 Å². The fraction of sp³-hybridized carbons (Fsp3) is 0.0909. The Morgan fingerprint density at radius 3 is 1.04 bits per heavy atom. The number of para-hydroxylation sites is 2. The molecule has 2 aromatic rings. The monoisotopic (exact) mass is 450 g/mol. The Labute approximate surface area is 185 Å². The molecule has 0 amide bonds. The SMILES string of the molecule is [C-]1=CC=CC1.[C-]1=CC=CC1.[O-]c1ccccc1.[O-]c1ccccc1.[O]=[V].[O]=[V]. The second-order valence-electron chi connectivity index (χ2n) is 4.63. The summed E-state index contributed by atoms with van der Waals surface area (Å²) in [5.74, 6) is 0.144. The first kappa shape index (κ1) is 28.0. The van der Waals surface area contributed by atoms with Crippen molar-refractivity contribution in [2.24, 2.45) is 0 Å². The Morgan fingerprint density at radius 2 is 0.929 bits per heavy atom. The molecule has 146 valence electrons. The van der Waals surface area contributed by atoms with Crippen molar-refractivity contribution in [2.75, 3.05) is 0 Å². The Bertz CT molecular complexity index is 603. The quantitative estimate of drug-likeness (QED) is 0.571. The van der Waals surface area contributed by atoms with Crippen molar-refractivity contribution in [3.8, 4) is 11.5 Å². The molecule has 0 N–H and O–H groups in total. The summed E-state index contributed by atoms with van der Waals surface area (Å²) in [6.07, 6.45) is 20.0. The topological polar surface area (TPSA) is 80.3 Å². The number of hydrogen-bond acceptors (Lipinski definition) is 4. The Kier molecular flexibility index (Phi) is 24.8. The molecular weight excluding hydrogens is 430 g/mol. The van der Waals surface area contributed by atoms with Crippen LogP contribution in [0.3, 0.4) is 0 Å². The number of rotatable bonds is 0. The van der Waals surface area contributed by atoms with Crippen molar-refractivity contribution < 1.29 is 52.3 Å². The molecule has 2 aromatic carbocycles. The molecule has 0 heterocycles. The number of hydrogen-bond donors (Lipinski definition) is 0. The van der Waals surface area contributed by atoms with Gasteiger partial charge < -0.3 is 10.2 Å². The van der Waals surface area contributed by atoms with E-state index < -0.39 is 0 Å². The van der Waals surface area contributed by atoms with Crippen LogP contribution in [0.15, 0.2) is 97.1 Å². The molecule has 0 bridgehead atoms. The van der Waals surface area contributed by atoms with E-state index in [1.165, 1.54) is 24.3 Å². The van der Waals surface area contributed by atoms with E-state index in [4.69, 9.17) is 7.35 Å². The predicted octanol–water partition coefficient (Wildman–Crippen LogP) is 3.89. The second kappa shape index (κ2) is 24.8. The molecule has 4 nitrogen and oxygen atoms in total. The van der Waals surface area contributed by atoms with Crippen molar-refractivity contribution in [1.82, 2.24) is 0 Å². The van der Waals surface area contributed by atoms with Gasteiger partial charge in [-0.05, 0) is 0 Å². The Balaban J connectivity index is 0. The third kappa shape index (κ3) is 21.8. The second-order valence-corrected chi connectivity index (χ2v) is 4.63. The minimum atomic E-state index is 0.0718. The van der Waals surface area contributed by atoms with E-state index in [0.29, 0.717) is 0 Å². The maximum absolute atomic E-state index is 10.3. The van der Waals surface area contributed by atoms with Crippen LogP contribution in [0.4, 0.5) is 0 Å². The van der Waals surface area contributed by atoms with Gasteiger partial charge in [0.15, 0.2) is 0 Å². The fourth-order valence-electron chi connectivity index (χ4n) is 1.52. The molecule has 0 saturated carbocycles. The van der Waals surface area contributed by atoms with Gasteiger partial charge in [-0.2, -0.15) is 12.2 Å². The van der Waals surface area contributed by atoms with E-state index in [2.05, 4.69) is 24.3 Å². The Hall–Kier alpha value is -2.23. The van der Waals surface area contributed by atoms with Crippen LogP contribution < -0.4 is 10.2 Å². The molecule has 0 aliphatic heterocycles. The van der Waals surface area contributed by atoms with Gasteiger partial charge in [0.25, 0.3) is 0 Å². The van der Waals surface area contributed by atoms with Crippen molar-refractivity contribution in [3.05, 3.63) is 109 Å². The zero-order valence-electron chi connectivity index (χ0n) is 15.2. The van der Waals surface area contributed by atoms with Gasteiger partial charge in [0.05, 0.1) is 0 Å². The predicted molar refractivity (Wildman–Crippen MR) is 96.3 cm³/mol. The number of benzene rings is 2. The summed E-state index contributed by atoms with van der Waals surface area (Å²) < 4.78 is 16.4. The summed E-state index contributed by atoms with van der Waals surface area (Å²) in [6, 6.07) is 16.7. The Morgan fingerprint density at radius 1 is 0.607 bits per heavy atom. The van der Waals surface area contributed by atoms with E-state index in [9.17, 15) is 10.2 Å². The van der Waals surface area contributed by atoms with Gasteiger partial charge in [-0.3, -0.25) is 12.2 Å². The van der Waals surface area contributed by atoms with Crippen LogP contribution in [0, 0.1) is 12.2 Å². The normalized spacial score (nSPS) is 10.8. The summed E-state index contributed by atoms with van der Waals surface area (Å²) in [4.78, 5) is 0. The van der Waals surface area contributed by atoms with Crippen LogP contribution in [0.1, 0.15) is 12.8 Å². The van der Waals surface area contributed by atoms with E-state index in [1.807, 2.05) is 36.4 Å². The minimum absolute atomic E-state index is 0.0718. The summed E-state index contributed by atoms with van der Waals surface area (Å²) in [5, 5.41) is 20.5. The third-order valence-electron chi connectivity index (χ3n) is 2.66. The summed E-state index contributed by atoms with van der Waals surface area (Å²) in [7, 11) is 0. The van der Waals surface area contributed by atoms with Crippen LogP contribution in [-0.4, -0.2) is 0 Å². The van der Waals surface area contributed by atoms with E-state index in [0.717, 1.165) is 47.6 Å². The molecule has 28 heavy (non-hydrogen) atoms. The molecule has 0 unspecified atom stereocenters. The average Bonchev–Trinajstić information content (AvgIpc) is 3.52. The van der Waals surface area contributed by atoms with Crippen molar-refractivity contribution in [3.63, 3.8) is 0 Å². The molecule has 0 fully saturated rings. The zero-order chi connectivity index (χ0) is 21.3. The third-order valence-corrected chi connectivity index (χ3v) is 2.66. The van der Waals surface area contributed by atoms with E-state index >= 15 is 0 Å². The van der Waals surface area contributed by atoms with Gasteiger partial charge in [0.2, 0.25) is 0 Å². The van der Waals surface area contributed by atoms with Crippen molar-refractivity contribution in [2.45, 2.75) is 12.8 Å². The van der Waals surface area contributed by atoms with Gasteiger partial charge in [-0.1, -0.05) is 60.7 Å². The van der Waals surface area contributed by atoms with E-state index in [-0.39, 0.29) is 11.5 Å². The van der Waals surface area contributed by atoms with Crippen LogP contribution in [0.25, 0.3) is 0 Å².